The van der Waals surface area contributed by atoms with Gasteiger partial charge in [-0.25, -0.2) is 4.39 Å². The van der Waals surface area contributed by atoms with Crippen LogP contribution in [-0.4, -0.2) is 87.1 Å². The standard InChI is InChI=1S/C30H31FN4O5/c1-39-25-7-3-4-21(19-25)28(36)32-24-8-9-27(26(20-24)30(38)35-14-16-40-17-15-35)33-10-12-34(13-11-33)29(37)22-5-2-6-23(31)18-22/h2-9,18-20H,10-17H2,1H3,(H,32,36). The molecule has 2 heterocycles. The van der Waals surface area contributed by atoms with E-state index in [1.807, 2.05) is 6.07 Å². The number of carbonyl (C=O) groups excluding carboxylic acids is 3. The Balaban J connectivity index is 1.36. The lowest BCUT2D eigenvalue weighted by atomic mass is 10.1. The van der Waals surface area contributed by atoms with Gasteiger partial charge in [0.1, 0.15) is 11.6 Å². The van der Waals surface area contributed by atoms with E-state index >= 15 is 0 Å². The van der Waals surface area contributed by atoms with E-state index in [-0.39, 0.29) is 17.7 Å². The predicted octanol–water partition coefficient (Wildman–Crippen LogP) is 3.52. The molecule has 9 nitrogen and oxygen atoms in total. The van der Waals surface area contributed by atoms with Crippen molar-refractivity contribution in [3.63, 3.8) is 0 Å². The second-order valence-electron chi connectivity index (χ2n) is 9.61. The molecule has 0 radical (unpaired) electrons. The normalized spacial score (nSPS) is 15.5. The highest BCUT2D eigenvalue weighted by Gasteiger charge is 2.28. The number of amides is 3. The van der Waals surface area contributed by atoms with E-state index in [4.69, 9.17) is 9.47 Å². The maximum absolute atomic E-state index is 13.7. The molecule has 0 saturated carbocycles. The van der Waals surface area contributed by atoms with E-state index in [0.29, 0.717) is 80.6 Å². The summed E-state index contributed by atoms with van der Waals surface area (Å²) in [5.41, 5.74) is 2.44. The van der Waals surface area contributed by atoms with Gasteiger partial charge in [-0.1, -0.05) is 12.1 Å². The number of hydrogen-bond donors (Lipinski definition) is 1. The molecule has 2 fully saturated rings. The number of anilines is 2. The molecular weight excluding hydrogens is 515 g/mol. The van der Waals surface area contributed by atoms with Crippen molar-refractivity contribution in [2.45, 2.75) is 0 Å². The van der Waals surface area contributed by atoms with Crippen molar-refractivity contribution in [2.75, 3.05) is 69.8 Å². The van der Waals surface area contributed by atoms with Crippen molar-refractivity contribution < 1.29 is 28.2 Å². The van der Waals surface area contributed by atoms with Crippen LogP contribution in [0.3, 0.4) is 0 Å². The molecule has 10 heteroatoms. The van der Waals surface area contributed by atoms with Gasteiger partial charge in [0, 0.05) is 61.8 Å². The molecule has 0 spiro atoms. The molecule has 5 rings (SSSR count). The van der Waals surface area contributed by atoms with Crippen molar-refractivity contribution in [3.8, 4) is 5.75 Å². The van der Waals surface area contributed by atoms with Crippen LogP contribution in [0.25, 0.3) is 0 Å². The van der Waals surface area contributed by atoms with Crippen LogP contribution in [-0.2, 0) is 4.74 Å². The van der Waals surface area contributed by atoms with Gasteiger partial charge in [0.15, 0.2) is 0 Å². The lowest BCUT2D eigenvalue weighted by Gasteiger charge is -2.37. The Morgan fingerprint density at radius 2 is 1.50 bits per heavy atom. The van der Waals surface area contributed by atoms with Crippen LogP contribution in [0, 0.1) is 5.82 Å². The molecule has 0 unspecified atom stereocenters. The summed E-state index contributed by atoms with van der Waals surface area (Å²) in [4.78, 5) is 45.0. The number of methoxy groups -OCH3 is 1. The molecule has 0 aliphatic carbocycles. The fraction of sp³-hybridized carbons (Fsp3) is 0.300. The Hall–Kier alpha value is -4.44. The number of nitrogens with zero attached hydrogens (tertiary/aromatic N) is 3. The fourth-order valence-corrected chi connectivity index (χ4v) is 4.92. The van der Waals surface area contributed by atoms with Crippen LogP contribution >= 0.6 is 0 Å². The molecular formula is C30H31FN4O5. The summed E-state index contributed by atoms with van der Waals surface area (Å²) in [6.07, 6.45) is 0. The second kappa shape index (κ2) is 12.2. The smallest absolute Gasteiger partial charge is 0.256 e. The first kappa shape index (κ1) is 27.1. The molecule has 3 aromatic rings. The van der Waals surface area contributed by atoms with Crippen LogP contribution in [0.15, 0.2) is 66.7 Å². The molecule has 2 aliphatic heterocycles. The first-order valence-corrected chi connectivity index (χ1v) is 13.2. The highest BCUT2D eigenvalue weighted by atomic mass is 19.1. The van der Waals surface area contributed by atoms with Crippen molar-refractivity contribution in [2.24, 2.45) is 0 Å². The number of benzene rings is 3. The van der Waals surface area contributed by atoms with Gasteiger partial charge in [-0.3, -0.25) is 14.4 Å². The second-order valence-corrected chi connectivity index (χ2v) is 9.61. The van der Waals surface area contributed by atoms with Gasteiger partial charge in [-0.2, -0.15) is 0 Å². The summed E-state index contributed by atoms with van der Waals surface area (Å²) in [7, 11) is 1.54. The molecule has 1 N–H and O–H groups in total. The lowest BCUT2D eigenvalue weighted by molar-refractivity contribution is 0.0303. The number of ether oxygens (including phenoxy) is 2. The summed E-state index contributed by atoms with van der Waals surface area (Å²) in [6.45, 7) is 3.75. The van der Waals surface area contributed by atoms with Gasteiger partial charge in [-0.15, -0.1) is 0 Å². The Morgan fingerprint density at radius 3 is 2.23 bits per heavy atom. The van der Waals surface area contributed by atoms with Gasteiger partial charge in [-0.05, 0) is 54.6 Å². The SMILES string of the molecule is COc1cccc(C(=O)Nc2ccc(N3CCN(C(=O)c4cccc(F)c4)CC3)c(C(=O)N3CCOCC3)c2)c1. The zero-order valence-corrected chi connectivity index (χ0v) is 22.3. The van der Waals surface area contributed by atoms with Gasteiger partial charge in [0.25, 0.3) is 17.7 Å². The molecule has 40 heavy (non-hydrogen) atoms. The molecule has 2 saturated heterocycles. The third-order valence-corrected chi connectivity index (χ3v) is 7.09. The third kappa shape index (κ3) is 6.07. The zero-order chi connectivity index (χ0) is 28.1. The largest absolute Gasteiger partial charge is 0.497 e. The predicted molar refractivity (Wildman–Crippen MR) is 149 cm³/mol. The minimum absolute atomic E-state index is 0.144. The highest BCUT2D eigenvalue weighted by molar-refractivity contribution is 6.06. The number of morpholine rings is 1. The first-order valence-electron chi connectivity index (χ1n) is 13.2. The molecule has 3 amide bonds. The van der Waals surface area contributed by atoms with Crippen molar-refractivity contribution in [3.05, 3.63) is 89.2 Å². The lowest BCUT2D eigenvalue weighted by Crippen LogP contribution is -2.49. The third-order valence-electron chi connectivity index (χ3n) is 7.09. The highest BCUT2D eigenvalue weighted by Crippen LogP contribution is 2.28. The number of halogens is 1. The number of rotatable bonds is 6. The summed E-state index contributed by atoms with van der Waals surface area (Å²) in [5.74, 6) is -0.565. The number of carbonyl (C=O) groups is 3. The van der Waals surface area contributed by atoms with Gasteiger partial charge < -0.3 is 29.5 Å². The van der Waals surface area contributed by atoms with Gasteiger partial charge >= 0.3 is 0 Å². The Labute approximate surface area is 232 Å². The van der Waals surface area contributed by atoms with Crippen LogP contribution in [0.1, 0.15) is 31.1 Å². The molecule has 3 aromatic carbocycles. The zero-order valence-electron chi connectivity index (χ0n) is 22.3. The minimum atomic E-state index is -0.450. The Bertz CT molecular complexity index is 1400. The molecule has 2 aliphatic rings. The Kier molecular flexibility index (Phi) is 8.26. The Morgan fingerprint density at radius 1 is 0.800 bits per heavy atom. The number of hydrogen-bond acceptors (Lipinski definition) is 6. The van der Waals surface area contributed by atoms with E-state index in [9.17, 15) is 18.8 Å². The fourth-order valence-electron chi connectivity index (χ4n) is 4.92. The maximum atomic E-state index is 13.7. The first-order chi connectivity index (χ1) is 19.4. The molecule has 0 bridgehead atoms. The topological polar surface area (TPSA) is 91.4 Å². The summed E-state index contributed by atoms with van der Waals surface area (Å²) in [6, 6.07) is 17.8. The number of piperazine rings is 1. The van der Waals surface area contributed by atoms with Crippen molar-refractivity contribution >= 4 is 29.1 Å². The van der Waals surface area contributed by atoms with Gasteiger partial charge in [0.2, 0.25) is 0 Å². The van der Waals surface area contributed by atoms with Crippen LogP contribution in [0.5, 0.6) is 5.75 Å². The van der Waals surface area contributed by atoms with E-state index in [0.717, 1.165) is 5.69 Å². The van der Waals surface area contributed by atoms with Crippen LogP contribution < -0.4 is 15.0 Å². The average Bonchev–Trinajstić information content (AvgIpc) is 3.01. The van der Waals surface area contributed by atoms with Crippen LogP contribution in [0.4, 0.5) is 15.8 Å². The number of nitrogens with one attached hydrogen (secondary N) is 1. The van der Waals surface area contributed by atoms with Crippen molar-refractivity contribution in [1.29, 1.82) is 0 Å². The minimum Gasteiger partial charge on any atom is -0.497 e. The summed E-state index contributed by atoms with van der Waals surface area (Å²) < 4.78 is 24.3. The van der Waals surface area contributed by atoms with E-state index in [2.05, 4.69) is 10.2 Å². The van der Waals surface area contributed by atoms with Gasteiger partial charge in [0.05, 0.1) is 25.9 Å². The van der Waals surface area contributed by atoms with Crippen LogP contribution in [0.2, 0.25) is 0 Å². The summed E-state index contributed by atoms with van der Waals surface area (Å²) >= 11 is 0. The quantitative estimate of drug-likeness (QED) is 0.509. The molecule has 0 atom stereocenters. The van der Waals surface area contributed by atoms with E-state index in [1.165, 1.54) is 25.3 Å². The molecule has 208 valence electrons. The monoisotopic (exact) mass is 546 g/mol. The maximum Gasteiger partial charge on any atom is 0.256 e. The average molecular weight is 547 g/mol. The summed E-state index contributed by atoms with van der Waals surface area (Å²) in [5, 5.41) is 2.89. The molecule has 0 aromatic heterocycles. The van der Waals surface area contributed by atoms with Crippen molar-refractivity contribution in [1.82, 2.24) is 9.80 Å². The van der Waals surface area contributed by atoms with E-state index in [1.54, 1.807) is 52.3 Å². The van der Waals surface area contributed by atoms with E-state index < -0.39 is 5.82 Å².